The molecule has 0 radical (unpaired) electrons. The molecule has 0 heterocycles. The van der Waals surface area contributed by atoms with Crippen LogP contribution in [0.15, 0.2) is 24.3 Å². The topological polar surface area (TPSA) is 52.0 Å². The summed E-state index contributed by atoms with van der Waals surface area (Å²) in [5, 5.41) is 0. The summed E-state index contributed by atoms with van der Waals surface area (Å²) in [6, 6.07) is 8.79. The molecule has 1 aromatic carbocycles. The van der Waals surface area contributed by atoms with E-state index in [-0.39, 0.29) is 0 Å². The molecule has 0 amide bonds. The Balaban J connectivity index is 2.13. The fourth-order valence-electron chi connectivity index (χ4n) is 3.22. The molecule has 1 fully saturated rings. The molecule has 2 heteroatoms. The van der Waals surface area contributed by atoms with Crippen LogP contribution in [0, 0.1) is 11.3 Å². The van der Waals surface area contributed by atoms with Gasteiger partial charge in [0.25, 0.3) is 0 Å². The summed E-state index contributed by atoms with van der Waals surface area (Å²) in [4.78, 5) is 0. The van der Waals surface area contributed by atoms with Crippen molar-refractivity contribution in [2.45, 2.75) is 52.0 Å². The second-order valence-corrected chi connectivity index (χ2v) is 6.27. The Morgan fingerprint density at radius 2 is 1.72 bits per heavy atom. The van der Waals surface area contributed by atoms with Gasteiger partial charge in [-0.2, -0.15) is 0 Å². The predicted octanol–water partition coefficient (Wildman–Crippen LogP) is 3.36. The van der Waals surface area contributed by atoms with Crippen LogP contribution in [0.3, 0.4) is 0 Å². The smallest absolute Gasteiger partial charge is 0.0314 e. The van der Waals surface area contributed by atoms with Gasteiger partial charge in [0.2, 0.25) is 0 Å². The van der Waals surface area contributed by atoms with E-state index in [0.717, 1.165) is 12.1 Å². The highest BCUT2D eigenvalue weighted by Crippen LogP contribution is 2.44. The largest absolute Gasteiger partial charge is 0.399 e. The molecule has 0 aromatic heterocycles. The monoisotopic (exact) mass is 246 g/mol. The van der Waals surface area contributed by atoms with Crippen molar-refractivity contribution in [3.8, 4) is 0 Å². The van der Waals surface area contributed by atoms with Crippen LogP contribution in [0.1, 0.15) is 45.1 Å². The standard InChI is InChI=1S/C16H26N2/c1-12(2)16(9-7-15(18)8-10-16)11-13-3-5-14(17)6-4-13/h3-6,12,15H,7-11,17-18H2,1-2H3. The normalized spacial score (nSPS) is 28.6. The van der Waals surface area contributed by atoms with E-state index < -0.39 is 0 Å². The summed E-state index contributed by atoms with van der Waals surface area (Å²) in [6.45, 7) is 4.71. The third-order valence-corrected chi connectivity index (χ3v) is 4.79. The highest BCUT2D eigenvalue weighted by Gasteiger charge is 2.37. The molecule has 1 saturated carbocycles. The Morgan fingerprint density at radius 3 is 2.22 bits per heavy atom. The number of rotatable bonds is 3. The van der Waals surface area contributed by atoms with E-state index in [1.54, 1.807) is 0 Å². The minimum Gasteiger partial charge on any atom is -0.399 e. The van der Waals surface area contributed by atoms with E-state index >= 15 is 0 Å². The van der Waals surface area contributed by atoms with Crippen LogP contribution in [-0.2, 0) is 6.42 Å². The lowest BCUT2D eigenvalue weighted by Crippen LogP contribution is -2.38. The lowest BCUT2D eigenvalue weighted by molar-refractivity contribution is 0.108. The van der Waals surface area contributed by atoms with Crippen molar-refractivity contribution in [1.82, 2.24) is 0 Å². The maximum atomic E-state index is 6.05. The number of benzene rings is 1. The summed E-state index contributed by atoms with van der Waals surface area (Å²) in [5.74, 6) is 0.711. The van der Waals surface area contributed by atoms with Crippen molar-refractivity contribution in [1.29, 1.82) is 0 Å². The molecule has 1 aliphatic carbocycles. The number of nitrogen functional groups attached to an aromatic ring is 1. The Kier molecular flexibility index (Phi) is 3.96. The summed E-state index contributed by atoms with van der Waals surface area (Å²) in [7, 11) is 0. The van der Waals surface area contributed by atoms with Gasteiger partial charge in [-0.25, -0.2) is 0 Å². The molecule has 0 unspecified atom stereocenters. The van der Waals surface area contributed by atoms with Crippen molar-refractivity contribution < 1.29 is 0 Å². The van der Waals surface area contributed by atoms with E-state index in [4.69, 9.17) is 11.5 Å². The molecule has 18 heavy (non-hydrogen) atoms. The molecule has 0 spiro atoms. The summed E-state index contributed by atoms with van der Waals surface area (Å²) in [5.41, 5.74) is 14.5. The van der Waals surface area contributed by atoms with Gasteiger partial charge in [-0.05, 0) is 61.1 Å². The third kappa shape index (κ3) is 2.86. The first-order chi connectivity index (χ1) is 8.52. The fourth-order valence-corrected chi connectivity index (χ4v) is 3.22. The number of hydrogen-bond acceptors (Lipinski definition) is 2. The molecular weight excluding hydrogens is 220 g/mol. The number of hydrogen-bond donors (Lipinski definition) is 2. The van der Waals surface area contributed by atoms with Crippen LogP contribution in [0.5, 0.6) is 0 Å². The predicted molar refractivity (Wildman–Crippen MR) is 78.3 cm³/mol. The average molecular weight is 246 g/mol. The van der Waals surface area contributed by atoms with Gasteiger partial charge in [-0.15, -0.1) is 0 Å². The summed E-state index contributed by atoms with van der Waals surface area (Å²) in [6.07, 6.45) is 6.03. The minimum absolute atomic E-state index is 0.420. The quantitative estimate of drug-likeness (QED) is 0.804. The van der Waals surface area contributed by atoms with E-state index in [9.17, 15) is 0 Å². The zero-order valence-electron chi connectivity index (χ0n) is 11.7. The van der Waals surface area contributed by atoms with Gasteiger partial charge in [0, 0.05) is 11.7 Å². The number of anilines is 1. The maximum absolute atomic E-state index is 6.05. The van der Waals surface area contributed by atoms with Crippen molar-refractivity contribution in [2.75, 3.05) is 5.73 Å². The van der Waals surface area contributed by atoms with Crippen LogP contribution in [-0.4, -0.2) is 6.04 Å². The molecule has 100 valence electrons. The first kappa shape index (κ1) is 13.4. The van der Waals surface area contributed by atoms with Gasteiger partial charge in [-0.1, -0.05) is 26.0 Å². The minimum atomic E-state index is 0.420. The van der Waals surface area contributed by atoms with Crippen LogP contribution >= 0.6 is 0 Å². The highest BCUT2D eigenvalue weighted by molar-refractivity contribution is 5.39. The molecule has 2 rings (SSSR count). The lowest BCUT2D eigenvalue weighted by atomic mass is 9.63. The van der Waals surface area contributed by atoms with Gasteiger partial charge in [0.05, 0.1) is 0 Å². The molecular formula is C16H26N2. The van der Waals surface area contributed by atoms with Crippen molar-refractivity contribution in [3.05, 3.63) is 29.8 Å². The van der Waals surface area contributed by atoms with Crippen molar-refractivity contribution in [3.63, 3.8) is 0 Å². The molecule has 1 aromatic rings. The van der Waals surface area contributed by atoms with E-state index in [0.29, 0.717) is 17.4 Å². The fraction of sp³-hybridized carbons (Fsp3) is 0.625. The van der Waals surface area contributed by atoms with Crippen LogP contribution in [0.4, 0.5) is 5.69 Å². The van der Waals surface area contributed by atoms with Crippen LogP contribution < -0.4 is 11.5 Å². The van der Waals surface area contributed by atoms with Gasteiger partial charge in [0.15, 0.2) is 0 Å². The van der Waals surface area contributed by atoms with Crippen LogP contribution in [0.2, 0.25) is 0 Å². The molecule has 0 atom stereocenters. The van der Waals surface area contributed by atoms with E-state index in [1.807, 2.05) is 12.1 Å². The average Bonchev–Trinajstić information content (AvgIpc) is 2.35. The molecule has 1 aliphatic rings. The van der Waals surface area contributed by atoms with E-state index in [1.165, 1.54) is 31.2 Å². The Labute approximate surface area is 111 Å². The summed E-state index contributed by atoms with van der Waals surface area (Å²) < 4.78 is 0. The van der Waals surface area contributed by atoms with E-state index in [2.05, 4.69) is 26.0 Å². The lowest BCUT2D eigenvalue weighted by Gasteiger charge is -2.43. The van der Waals surface area contributed by atoms with Crippen molar-refractivity contribution in [2.24, 2.45) is 17.1 Å². The molecule has 0 bridgehead atoms. The molecule has 2 nitrogen and oxygen atoms in total. The molecule has 4 N–H and O–H groups in total. The van der Waals surface area contributed by atoms with Crippen molar-refractivity contribution >= 4 is 5.69 Å². The molecule has 0 saturated heterocycles. The highest BCUT2D eigenvalue weighted by atomic mass is 14.6. The maximum Gasteiger partial charge on any atom is 0.0314 e. The number of nitrogens with two attached hydrogens (primary N) is 2. The Bertz CT molecular complexity index is 373. The first-order valence-corrected chi connectivity index (χ1v) is 7.12. The second kappa shape index (κ2) is 5.31. The van der Waals surface area contributed by atoms with Gasteiger partial charge in [0.1, 0.15) is 0 Å². The Morgan fingerprint density at radius 1 is 1.17 bits per heavy atom. The molecule has 0 aliphatic heterocycles. The first-order valence-electron chi connectivity index (χ1n) is 7.12. The Hall–Kier alpha value is -1.02. The van der Waals surface area contributed by atoms with Gasteiger partial charge < -0.3 is 11.5 Å². The van der Waals surface area contributed by atoms with Crippen LogP contribution in [0.25, 0.3) is 0 Å². The second-order valence-electron chi connectivity index (χ2n) is 6.27. The summed E-state index contributed by atoms with van der Waals surface area (Å²) >= 11 is 0. The third-order valence-electron chi connectivity index (χ3n) is 4.79. The zero-order valence-corrected chi connectivity index (χ0v) is 11.7. The zero-order chi connectivity index (χ0) is 13.2. The van der Waals surface area contributed by atoms with Gasteiger partial charge >= 0.3 is 0 Å². The SMILES string of the molecule is CC(C)C1(Cc2ccc(N)cc2)CCC(N)CC1. The van der Waals surface area contributed by atoms with Gasteiger partial charge in [-0.3, -0.25) is 0 Å².